The smallest absolute Gasteiger partial charge is 0.387 e. The molecule has 2 aliphatic heterocycles. The van der Waals surface area contributed by atoms with Crippen molar-refractivity contribution < 1.29 is 32.4 Å². The maximum Gasteiger partial charge on any atom is 0.475 e. The fourth-order valence-corrected chi connectivity index (χ4v) is 5.22. The van der Waals surface area contributed by atoms with Crippen LogP contribution < -0.4 is 11.4 Å². The van der Waals surface area contributed by atoms with Crippen LogP contribution in [-0.2, 0) is 22.9 Å². The Labute approximate surface area is 187 Å². The number of nitrogen functional groups attached to an aromatic ring is 1. The van der Waals surface area contributed by atoms with Gasteiger partial charge in [0.15, 0.2) is 11.9 Å². The summed E-state index contributed by atoms with van der Waals surface area (Å²) >= 11 is 6.01. The zero-order chi connectivity index (χ0) is 23.1. The minimum absolute atomic E-state index is 0.0378. The number of rotatable bonds is 5. The number of nitrogens with zero attached hydrogens (tertiary/aromatic N) is 2. The molecule has 174 valence electrons. The second-order valence-electron chi connectivity index (χ2n) is 7.68. The maximum absolute atomic E-state index is 15.3. The minimum Gasteiger partial charge on any atom is -0.387 e. The monoisotopic (exact) mass is 489 g/mol. The van der Waals surface area contributed by atoms with E-state index >= 15 is 4.39 Å². The Hall–Kier alpha value is -1.85. The highest BCUT2D eigenvalue weighted by Crippen LogP contribution is 2.57. The van der Waals surface area contributed by atoms with Crippen LogP contribution in [0.15, 0.2) is 41.3 Å². The fraction of sp³-hybridized carbons (Fsp3) is 0.474. The van der Waals surface area contributed by atoms with Crippen molar-refractivity contribution in [2.24, 2.45) is 0 Å². The third-order valence-electron chi connectivity index (χ3n) is 5.32. The normalized spacial score (nSPS) is 35.1. The Kier molecular flexibility index (Phi) is 6.43. The molecule has 2 aromatic rings. The van der Waals surface area contributed by atoms with Crippen molar-refractivity contribution in [3.8, 4) is 0 Å². The van der Waals surface area contributed by atoms with Crippen molar-refractivity contribution >= 4 is 25.2 Å². The molecule has 4 rings (SSSR count). The highest BCUT2D eigenvalue weighted by atomic mass is 35.5. The van der Waals surface area contributed by atoms with Crippen LogP contribution in [0.4, 0.5) is 10.2 Å². The van der Waals surface area contributed by atoms with Gasteiger partial charge in [-0.15, -0.1) is 0 Å². The summed E-state index contributed by atoms with van der Waals surface area (Å²) in [5.41, 5.74) is 2.95. The molecule has 0 amide bonds. The van der Waals surface area contributed by atoms with Crippen LogP contribution >= 0.6 is 19.4 Å². The second kappa shape index (κ2) is 8.83. The SMILES string of the molecule is CC1(F)C(O)[C@@H](COP2(=O)OCC[C@@H](c3cccc(Cl)c3)O2)O[C@H]1n1ccc(N)nc1=O. The number of phosphoric ester groups is 1. The quantitative estimate of drug-likeness (QED) is 0.607. The average molecular weight is 490 g/mol. The van der Waals surface area contributed by atoms with E-state index in [1.54, 1.807) is 24.3 Å². The van der Waals surface area contributed by atoms with E-state index in [1.165, 1.54) is 12.3 Å². The van der Waals surface area contributed by atoms with Crippen LogP contribution in [-0.4, -0.2) is 45.7 Å². The molecule has 0 spiro atoms. The number of alkyl halides is 1. The molecule has 0 saturated carbocycles. The molecular weight excluding hydrogens is 468 g/mol. The molecule has 13 heteroatoms. The summed E-state index contributed by atoms with van der Waals surface area (Å²) in [6, 6.07) is 8.19. The van der Waals surface area contributed by atoms with Crippen LogP contribution in [0.25, 0.3) is 0 Å². The van der Waals surface area contributed by atoms with Gasteiger partial charge in [0, 0.05) is 17.6 Å². The maximum atomic E-state index is 15.3. The number of aliphatic hydroxyl groups is 1. The minimum atomic E-state index is -4.03. The van der Waals surface area contributed by atoms with E-state index in [9.17, 15) is 14.5 Å². The standard InChI is InChI=1S/C19H22ClFN3O7P/c1-19(21)16(25)14(30-17(19)24-7-5-15(22)23-18(24)26)10-29-32(27)28-8-6-13(31-32)11-3-2-4-12(20)9-11/h2-5,7,9,13-14,16-17,25H,6,8,10H2,1H3,(H2,22,23,26)/t13-,14+,16?,17+,19?,32?/m0/s1. The van der Waals surface area contributed by atoms with Crippen LogP contribution in [0.1, 0.15) is 31.2 Å². The summed E-state index contributed by atoms with van der Waals surface area (Å²) in [6.45, 7) is 0.669. The molecule has 3 N–H and O–H groups in total. The lowest BCUT2D eigenvalue weighted by atomic mass is 9.98. The summed E-state index contributed by atoms with van der Waals surface area (Å²) in [6.07, 6.45) is -3.40. The molecule has 2 fully saturated rings. The lowest BCUT2D eigenvalue weighted by molar-refractivity contribution is -0.0653. The van der Waals surface area contributed by atoms with Gasteiger partial charge in [-0.05, 0) is 30.7 Å². The Morgan fingerprint density at radius 2 is 2.25 bits per heavy atom. The Balaban J connectivity index is 1.46. The van der Waals surface area contributed by atoms with E-state index in [-0.39, 0.29) is 12.4 Å². The first kappa shape index (κ1) is 23.3. The fourth-order valence-electron chi connectivity index (χ4n) is 3.63. The molecule has 0 radical (unpaired) electrons. The number of aliphatic hydroxyl groups excluding tert-OH is 1. The third-order valence-corrected chi connectivity index (χ3v) is 7.04. The third kappa shape index (κ3) is 4.60. The van der Waals surface area contributed by atoms with Gasteiger partial charge >= 0.3 is 13.5 Å². The summed E-state index contributed by atoms with van der Waals surface area (Å²) in [5, 5.41) is 10.9. The summed E-state index contributed by atoms with van der Waals surface area (Å²) in [4.78, 5) is 15.6. The van der Waals surface area contributed by atoms with Crippen molar-refractivity contribution in [2.75, 3.05) is 18.9 Å². The number of phosphoric acid groups is 1. The largest absolute Gasteiger partial charge is 0.475 e. The highest BCUT2D eigenvalue weighted by Gasteiger charge is 2.56. The molecule has 0 aliphatic carbocycles. The molecule has 2 saturated heterocycles. The molecular formula is C19H22ClFN3O7P. The molecule has 3 heterocycles. The van der Waals surface area contributed by atoms with Gasteiger partial charge in [0.2, 0.25) is 0 Å². The molecule has 1 aromatic heterocycles. The van der Waals surface area contributed by atoms with E-state index in [1.807, 2.05) is 0 Å². The summed E-state index contributed by atoms with van der Waals surface area (Å²) in [7, 11) is -4.03. The topological polar surface area (TPSA) is 135 Å². The molecule has 32 heavy (non-hydrogen) atoms. The van der Waals surface area contributed by atoms with E-state index in [0.29, 0.717) is 17.0 Å². The Morgan fingerprint density at radius 1 is 1.47 bits per heavy atom. The van der Waals surface area contributed by atoms with Gasteiger partial charge in [0.25, 0.3) is 0 Å². The number of aromatic nitrogens is 2. The average Bonchev–Trinajstić information content (AvgIpc) is 2.96. The molecule has 0 bridgehead atoms. The van der Waals surface area contributed by atoms with Gasteiger partial charge in [-0.1, -0.05) is 23.7 Å². The number of benzene rings is 1. The molecule has 6 atom stereocenters. The van der Waals surface area contributed by atoms with Gasteiger partial charge in [-0.25, -0.2) is 13.8 Å². The van der Waals surface area contributed by atoms with E-state index in [2.05, 4.69) is 4.98 Å². The van der Waals surface area contributed by atoms with E-state index in [0.717, 1.165) is 11.5 Å². The Bertz CT molecular complexity index is 1100. The predicted molar refractivity (Wildman–Crippen MR) is 112 cm³/mol. The molecule has 3 unspecified atom stereocenters. The number of hydrogen-bond acceptors (Lipinski definition) is 9. The van der Waals surface area contributed by atoms with Crippen LogP contribution in [0.2, 0.25) is 5.02 Å². The number of nitrogens with two attached hydrogens (primary N) is 1. The van der Waals surface area contributed by atoms with E-state index in [4.69, 9.17) is 35.6 Å². The summed E-state index contributed by atoms with van der Waals surface area (Å²) < 4.78 is 50.7. The number of ether oxygens (including phenoxy) is 1. The number of halogens is 2. The molecule has 1 aromatic carbocycles. The lowest BCUT2D eigenvalue weighted by Crippen LogP contribution is -2.43. The number of anilines is 1. The van der Waals surface area contributed by atoms with Crippen molar-refractivity contribution in [1.82, 2.24) is 9.55 Å². The predicted octanol–water partition coefficient (Wildman–Crippen LogP) is 2.77. The second-order valence-corrected chi connectivity index (χ2v) is 9.74. The van der Waals surface area contributed by atoms with Crippen molar-refractivity contribution in [3.63, 3.8) is 0 Å². The highest BCUT2D eigenvalue weighted by molar-refractivity contribution is 7.48. The van der Waals surface area contributed by atoms with Crippen LogP contribution in [0.5, 0.6) is 0 Å². The first-order valence-corrected chi connectivity index (χ1v) is 11.6. The van der Waals surface area contributed by atoms with Gasteiger partial charge < -0.3 is 15.6 Å². The van der Waals surface area contributed by atoms with Crippen molar-refractivity contribution in [2.45, 2.75) is 43.6 Å². The first-order valence-electron chi connectivity index (χ1n) is 9.79. The Morgan fingerprint density at radius 3 is 2.97 bits per heavy atom. The van der Waals surface area contributed by atoms with Crippen LogP contribution in [0.3, 0.4) is 0 Å². The van der Waals surface area contributed by atoms with Gasteiger partial charge in [-0.3, -0.25) is 18.1 Å². The molecule has 10 nitrogen and oxygen atoms in total. The van der Waals surface area contributed by atoms with Gasteiger partial charge in [0.05, 0.1) is 19.3 Å². The van der Waals surface area contributed by atoms with Crippen LogP contribution in [0, 0.1) is 0 Å². The van der Waals surface area contributed by atoms with Crippen molar-refractivity contribution in [3.05, 3.63) is 57.6 Å². The van der Waals surface area contributed by atoms with Gasteiger partial charge in [0.1, 0.15) is 18.0 Å². The first-order chi connectivity index (χ1) is 15.1. The molecule has 2 aliphatic rings. The zero-order valence-corrected chi connectivity index (χ0v) is 18.6. The summed E-state index contributed by atoms with van der Waals surface area (Å²) in [5.74, 6) is -0.0378. The number of hydrogen-bond donors (Lipinski definition) is 2. The zero-order valence-electron chi connectivity index (χ0n) is 17.0. The van der Waals surface area contributed by atoms with E-state index < -0.39 is 50.3 Å². The van der Waals surface area contributed by atoms with Crippen molar-refractivity contribution in [1.29, 1.82) is 0 Å². The van der Waals surface area contributed by atoms with Gasteiger partial charge in [-0.2, -0.15) is 4.98 Å². The lowest BCUT2D eigenvalue weighted by Gasteiger charge is -2.30.